The summed E-state index contributed by atoms with van der Waals surface area (Å²) in [4.78, 5) is 13.6. The molecule has 1 fully saturated rings. The summed E-state index contributed by atoms with van der Waals surface area (Å²) in [7, 11) is 1.38. The number of nitrogens with two attached hydrogens (primary N) is 1. The Morgan fingerprint density at radius 1 is 1.39 bits per heavy atom. The van der Waals surface area contributed by atoms with Gasteiger partial charge in [-0.2, -0.15) is 0 Å². The molecule has 1 aromatic rings. The van der Waals surface area contributed by atoms with Gasteiger partial charge in [-0.05, 0) is 30.7 Å². The molecular formula is C13H17FN2O2. The second-order valence-corrected chi connectivity index (χ2v) is 4.60. The fourth-order valence-corrected chi connectivity index (χ4v) is 2.34. The van der Waals surface area contributed by atoms with Crippen molar-refractivity contribution in [2.24, 2.45) is 11.7 Å². The Bertz CT molecular complexity index is 422. The zero-order chi connectivity index (χ0) is 13.1. The van der Waals surface area contributed by atoms with Crippen molar-refractivity contribution in [2.45, 2.75) is 12.5 Å². The lowest BCUT2D eigenvalue weighted by Gasteiger charge is -2.36. The van der Waals surface area contributed by atoms with Crippen LogP contribution in [0.5, 0.6) is 0 Å². The predicted octanol–water partition coefficient (Wildman–Crippen LogP) is 1.15. The molecule has 18 heavy (non-hydrogen) atoms. The van der Waals surface area contributed by atoms with E-state index in [4.69, 9.17) is 10.5 Å². The van der Waals surface area contributed by atoms with E-state index in [0.29, 0.717) is 19.5 Å². The van der Waals surface area contributed by atoms with Crippen molar-refractivity contribution in [1.29, 1.82) is 0 Å². The van der Waals surface area contributed by atoms with Crippen LogP contribution in [0, 0.1) is 11.7 Å². The van der Waals surface area contributed by atoms with E-state index in [-0.39, 0.29) is 23.7 Å². The highest BCUT2D eigenvalue weighted by atomic mass is 19.1. The van der Waals surface area contributed by atoms with Crippen LogP contribution in [0.2, 0.25) is 0 Å². The summed E-state index contributed by atoms with van der Waals surface area (Å²) in [5.41, 5.74) is 6.83. The number of halogens is 1. The standard InChI is InChI=1S/C13H17FN2O2/c1-18-13(17)9-6-11(15)8-16(7-9)12-4-2-10(14)3-5-12/h2-5,9,11H,6-8,15H2,1H3. The fraction of sp³-hybridized carbons (Fsp3) is 0.462. The number of anilines is 1. The number of piperidine rings is 1. The Balaban J connectivity index is 2.13. The minimum atomic E-state index is -0.274. The van der Waals surface area contributed by atoms with E-state index in [1.54, 1.807) is 12.1 Å². The number of carbonyl (C=O) groups excluding carboxylic acids is 1. The normalized spacial score (nSPS) is 23.8. The number of methoxy groups -OCH3 is 1. The molecule has 5 heteroatoms. The van der Waals surface area contributed by atoms with Gasteiger partial charge in [0.1, 0.15) is 5.82 Å². The van der Waals surface area contributed by atoms with E-state index in [0.717, 1.165) is 5.69 Å². The van der Waals surface area contributed by atoms with Crippen molar-refractivity contribution >= 4 is 11.7 Å². The molecule has 0 bridgehead atoms. The van der Waals surface area contributed by atoms with Crippen molar-refractivity contribution in [2.75, 3.05) is 25.1 Å². The Kier molecular flexibility index (Phi) is 3.81. The van der Waals surface area contributed by atoms with Crippen molar-refractivity contribution in [3.05, 3.63) is 30.1 Å². The molecule has 2 atom stereocenters. The fourth-order valence-electron chi connectivity index (χ4n) is 2.34. The molecule has 1 saturated heterocycles. The van der Waals surface area contributed by atoms with Gasteiger partial charge in [0.25, 0.3) is 0 Å². The van der Waals surface area contributed by atoms with Crippen LogP contribution < -0.4 is 10.6 Å². The highest BCUT2D eigenvalue weighted by Gasteiger charge is 2.30. The van der Waals surface area contributed by atoms with Gasteiger partial charge in [0.05, 0.1) is 13.0 Å². The third-order valence-corrected chi connectivity index (χ3v) is 3.21. The molecule has 0 radical (unpaired) electrons. The average molecular weight is 252 g/mol. The first-order valence-electron chi connectivity index (χ1n) is 5.94. The second kappa shape index (κ2) is 5.35. The minimum absolute atomic E-state index is 0.0760. The van der Waals surface area contributed by atoms with Gasteiger partial charge in [-0.3, -0.25) is 4.79 Å². The molecule has 1 aliphatic heterocycles. The van der Waals surface area contributed by atoms with E-state index >= 15 is 0 Å². The molecule has 0 saturated carbocycles. The quantitative estimate of drug-likeness (QED) is 0.802. The molecule has 2 unspecified atom stereocenters. The van der Waals surface area contributed by atoms with Gasteiger partial charge in [0.15, 0.2) is 0 Å². The van der Waals surface area contributed by atoms with Crippen LogP contribution in [0.25, 0.3) is 0 Å². The van der Waals surface area contributed by atoms with E-state index in [1.165, 1.54) is 19.2 Å². The van der Waals surface area contributed by atoms with E-state index < -0.39 is 0 Å². The molecular weight excluding hydrogens is 235 g/mol. The molecule has 2 rings (SSSR count). The molecule has 0 spiro atoms. The van der Waals surface area contributed by atoms with Crippen molar-refractivity contribution in [3.8, 4) is 0 Å². The molecule has 1 aliphatic rings. The van der Waals surface area contributed by atoms with Gasteiger partial charge in [-0.25, -0.2) is 4.39 Å². The maximum atomic E-state index is 12.9. The van der Waals surface area contributed by atoms with Crippen LogP contribution in [0.4, 0.5) is 10.1 Å². The number of esters is 1. The van der Waals surface area contributed by atoms with Crippen LogP contribution in [0.3, 0.4) is 0 Å². The van der Waals surface area contributed by atoms with Gasteiger partial charge >= 0.3 is 5.97 Å². The van der Waals surface area contributed by atoms with Crippen LogP contribution >= 0.6 is 0 Å². The Morgan fingerprint density at radius 3 is 2.67 bits per heavy atom. The number of rotatable bonds is 2. The van der Waals surface area contributed by atoms with Gasteiger partial charge in [0.2, 0.25) is 0 Å². The molecule has 4 nitrogen and oxygen atoms in total. The largest absolute Gasteiger partial charge is 0.469 e. The Hall–Kier alpha value is -1.62. The number of benzene rings is 1. The summed E-state index contributed by atoms with van der Waals surface area (Å²) < 4.78 is 17.6. The summed E-state index contributed by atoms with van der Waals surface area (Å²) in [6.07, 6.45) is 0.629. The van der Waals surface area contributed by atoms with E-state index in [2.05, 4.69) is 0 Å². The Morgan fingerprint density at radius 2 is 2.06 bits per heavy atom. The van der Waals surface area contributed by atoms with Crippen molar-refractivity contribution < 1.29 is 13.9 Å². The third kappa shape index (κ3) is 2.79. The summed E-state index contributed by atoms with van der Waals surface area (Å²) >= 11 is 0. The summed E-state index contributed by atoms with van der Waals surface area (Å²) in [5, 5.41) is 0. The number of ether oxygens (including phenoxy) is 1. The maximum absolute atomic E-state index is 12.9. The Labute approximate surface area is 106 Å². The summed E-state index contributed by atoms with van der Waals surface area (Å²) in [5.74, 6) is -0.731. The van der Waals surface area contributed by atoms with Crippen LogP contribution in [-0.2, 0) is 9.53 Å². The van der Waals surface area contributed by atoms with E-state index in [1.807, 2.05) is 4.90 Å². The van der Waals surface area contributed by atoms with Crippen LogP contribution in [0.15, 0.2) is 24.3 Å². The molecule has 0 amide bonds. The van der Waals surface area contributed by atoms with Crippen LogP contribution in [-0.4, -0.2) is 32.2 Å². The first-order valence-corrected chi connectivity index (χ1v) is 5.94. The molecule has 2 N–H and O–H groups in total. The maximum Gasteiger partial charge on any atom is 0.310 e. The lowest BCUT2D eigenvalue weighted by Crippen LogP contribution is -2.49. The number of hydrogen-bond donors (Lipinski definition) is 1. The van der Waals surface area contributed by atoms with Gasteiger partial charge in [-0.15, -0.1) is 0 Å². The topological polar surface area (TPSA) is 55.6 Å². The zero-order valence-corrected chi connectivity index (χ0v) is 10.3. The van der Waals surface area contributed by atoms with Gasteiger partial charge in [-0.1, -0.05) is 0 Å². The number of hydrogen-bond acceptors (Lipinski definition) is 4. The highest BCUT2D eigenvalue weighted by molar-refractivity contribution is 5.73. The summed E-state index contributed by atoms with van der Waals surface area (Å²) in [6.45, 7) is 1.23. The SMILES string of the molecule is COC(=O)C1CC(N)CN(c2ccc(F)cc2)C1. The van der Waals surface area contributed by atoms with E-state index in [9.17, 15) is 9.18 Å². The van der Waals surface area contributed by atoms with Crippen molar-refractivity contribution in [1.82, 2.24) is 0 Å². The number of nitrogens with zero attached hydrogens (tertiary/aromatic N) is 1. The first kappa shape index (κ1) is 12.8. The monoisotopic (exact) mass is 252 g/mol. The second-order valence-electron chi connectivity index (χ2n) is 4.60. The predicted molar refractivity (Wildman–Crippen MR) is 66.7 cm³/mol. The first-order chi connectivity index (χ1) is 8.60. The van der Waals surface area contributed by atoms with Gasteiger partial charge in [0, 0.05) is 24.8 Å². The average Bonchev–Trinajstić information content (AvgIpc) is 2.38. The zero-order valence-electron chi connectivity index (χ0n) is 10.3. The third-order valence-electron chi connectivity index (χ3n) is 3.21. The van der Waals surface area contributed by atoms with Gasteiger partial charge < -0.3 is 15.4 Å². The summed E-state index contributed by atoms with van der Waals surface area (Å²) in [6, 6.07) is 6.13. The number of carbonyl (C=O) groups is 1. The molecule has 1 heterocycles. The van der Waals surface area contributed by atoms with Crippen LogP contribution in [0.1, 0.15) is 6.42 Å². The lowest BCUT2D eigenvalue weighted by atomic mass is 9.94. The highest BCUT2D eigenvalue weighted by Crippen LogP contribution is 2.23. The smallest absolute Gasteiger partial charge is 0.310 e. The minimum Gasteiger partial charge on any atom is -0.469 e. The molecule has 98 valence electrons. The lowest BCUT2D eigenvalue weighted by molar-refractivity contribution is -0.145. The van der Waals surface area contributed by atoms with Crippen molar-refractivity contribution in [3.63, 3.8) is 0 Å². The molecule has 0 aromatic heterocycles. The molecule has 1 aromatic carbocycles. The molecule has 0 aliphatic carbocycles.